The number of halogens is 2. The number of phenolic OH excluding ortho intramolecular Hbond substituents is 1. The monoisotopic (exact) mass is 244 g/mol. The van der Waals surface area contributed by atoms with Crippen molar-refractivity contribution in [3.8, 4) is 5.75 Å². The first-order chi connectivity index (χ1) is 7.87. The number of nitrogens with two attached hydrogens (primary N) is 1. The molecule has 0 aliphatic heterocycles. The van der Waals surface area contributed by atoms with Gasteiger partial charge in [0, 0.05) is 0 Å². The Balaban J connectivity index is 2.74. The van der Waals surface area contributed by atoms with E-state index in [2.05, 4.69) is 0 Å². The minimum Gasteiger partial charge on any atom is -0.507 e. The van der Waals surface area contributed by atoms with Gasteiger partial charge in [0.25, 0.3) is 11.8 Å². The number of para-hydroxylation sites is 1. The Morgan fingerprint density at radius 1 is 1.53 bits per heavy atom. The van der Waals surface area contributed by atoms with Gasteiger partial charge in [0.15, 0.2) is 0 Å². The molecule has 0 unspecified atom stereocenters. The molecule has 0 radical (unpaired) electrons. The van der Waals surface area contributed by atoms with Gasteiger partial charge in [-0.25, -0.2) is 8.78 Å². The highest BCUT2D eigenvalue weighted by atomic mass is 19.3. The summed E-state index contributed by atoms with van der Waals surface area (Å²) in [6.07, 6.45) is 0. The number of carbonyl (C=O) groups excluding carboxylic acids is 1. The molecule has 17 heavy (non-hydrogen) atoms. The van der Waals surface area contributed by atoms with E-state index in [0.29, 0.717) is 5.56 Å². The predicted molar refractivity (Wildman–Crippen MR) is 59.2 cm³/mol. The van der Waals surface area contributed by atoms with Crippen LogP contribution in [-0.4, -0.2) is 30.0 Å². The van der Waals surface area contributed by atoms with Crippen molar-refractivity contribution in [3.63, 3.8) is 0 Å². The molecule has 0 aliphatic carbocycles. The van der Waals surface area contributed by atoms with E-state index >= 15 is 0 Å². The van der Waals surface area contributed by atoms with Crippen LogP contribution < -0.4 is 11.1 Å². The SMILES string of the molecule is Cc1cccc(C(=O)NCC(F)(F)CN)c1O. The minimum absolute atomic E-state index is 0.0298. The smallest absolute Gasteiger partial charge is 0.277 e. The number of alkyl halides is 2. The van der Waals surface area contributed by atoms with Crippen LogP contribution in [0.15, 0.2) is 18.2 Å². The van der Waals surface area contributed by atoms with Crippen molar-refractivity contribution < 1.29 is 18.7 Å². The third-order valence-corrected chi connectivity index (χ3v) is 2.29. The van der Waals surface area contributed by atoms with Gasteiger partial charge in [-0.05, 0) is 18.6 Å². The molecule has 0 saturated heterocycles. The third-order valence-electron chi connectivity index (χ3n) is 2.29. The predicted octanol–water partition coefficient (Wildman–Crippen LogP) is 1.02. The molecule has 4 N–H and O–H groups in total. The molecule has 94 valence electrons. The number of aryl methyl sites for hydroxylation is 1. The lowest BCUT2D eigenvalue weighted by molar-refractivity contribution is 0.0118. The van der Waals surface area contributed by atoms with Crippen molar-refractivity contribution in [1.82, 2.24) is 5.32 Å². The number of aromatic hydroxyl groups is 1. The van der Waals surface area contributed by atoms with Gasteiger partial charge in [0.1, 0.15) is 5.75 Å². The van der Waals surface area contributed by atoms with Crippen LogP contribution in [0.5, 0.6) is 5.75 Å². The van der Waals surface area contributed by atoms with Crippen LogP contribution in [0.2, 0.25) is 0 Å². The maximum atomic E-state index is 12.8. The van der Waals surface area contributed by atoms with Crippen molar-refractivity contribution in [2.24, 2.45) is 5.73 Å². The van der Waals surface area contributed by atoms with Crippen molar-refractivity contribution in [3.05, 3.63) is 29.3 Å². The fourth-order valence-corrected chi connectivity index (χ4v) is 1.22. The molecule has 0 atom stereocenters. The first-order valence-corrected chi connectivity index (χ1v) is 5.02. The van der Waals surface area contributed by atoms with E-state index in [0.717, 1.165) is 0 Å². The summed E-state index contributed by atoms with van der Waals surface area (Å²) in [6, 6.07) is 4.53. The lowest BCUT2D eigenvalue weighted by Crippen LogP contribution is -2.41. The van der Waals surface area contributed by atoms with Gasteiger partial charge in [-0.1, -0.05) is 12.1 Å². The standard InChI is InChI=1S/C11H14F2N2O2/c1-7-3-2-4-8(9(7)16)10(17)15-6-11(12,13)5-14/h2-4,16H,5-6,14H2,1H3,(H,15,17). The zero-order valence-corrected chi connectivity index (χ0v) is 9.34. The number of rotatable bonds is 4. The number of phenols is 1. The van der Waals surface area contributed by atoms with Crippen LogP contribution in [0.4, 0.5) is 8.78 Å². The van der Waals surface area contributed by atoms with E-state index in [-0.39, 0.29) is 11.3 Å². The van der Waals surface area contributed by atoms with Crippen LogP contribution in [0.25, 0.3) is 0 Å². The van der Waals surface area contributed by atoms with E-state index in [1.807, 2.05) is 5.32 Å². The van der Waals surface area contributed by atoms with Crippen LogP contribution in [0.3, 0.4) is 0 Å². The van der Waals surface area contributed by atoms with E-state index in [1.54, 1.807) is 19.1 Å². The normalized spacial score (nSPS) is 11.3. The lowest BCUT2D eigenvalue weighted by Gasteiger charge is -2.15. The Morgan fingerprint density at radius 3 is 2.76 bits per heavy atom. The van der Waals surface area contributed by atoms with E-state index in [1.165, 1.54) is 6.07 Å². The fraction of sp³-hybridized carbons (Fsp3) is 0.364. The van der Waals surface area contributed by atoms with E-state index < -0.39 is 24.9 Å². The first kappa shape index (κ1) is 13.4. The van der Waals surface area contributed by atoms with Crippen LogP contribution in [0, 0.1) is 6.92 Å². The van der Waals surface area contributed by atoms with Crippen molar-refractivity contribution in [2.75, 3.05) is 13.1 Å². The second-order valence-electron chi connectivity index (χ2n) is 3.71. The van der Waals surface area contributed by atoms with Crippen molar-refractivity contribution in [1.29, 1.82) is 0 Å². The zero-order valence-electron chi connectivity index (χ0n) is 9.34. The molecule has 1 aromatic carbocycles. The summed E-state index contributed by atoms with van der Waals surface area (Å²) in [4.78, 5) is 11.5. The van der Waals surface area contributed by atoms with Crippen molar-refractivity contribution in [2.45, 2.75) is 12.8 Å². The lowest BCUT2D eigenvalue weighted by atomic mass is 10.1. The molecule has 0 aromatic heterocycles. The van der Waals surface area contributed by atoms with Gasteiger partial charge in [0.05, 0.1) is 18.7 Å². The van der Waals surface area contributed by atoms with Gasteiger partial charge in [-0.2, -0.15) is 0 Å². The number of carbonyl (C=O) groups is 1. The van der Waals surface area contributed by atoms with Crippen LogP contribution in [0.1, 0.15) is 15.9 Å². The van der Waals surface area contributed by atoms with Crippen LogP contribution in [-0.2, 0) is 0 Å². The Morgan fingerprint density at radius 2 is 2.18 bits per heavy atom. The Bertz CT molecular complexity index is 422. The second-order valence-corrected chi connectivity index (χ2v) is 3.71. The number of amides is 1. The second kappa shape index (κ2) is 5.09. The number of hydrogen-bond donors (Lipinski definition) is 3. The number of hydrogen-bond acceptors (Lipinski definition) is 3. The molecule has 0 spiro atoms. The molecule has 0 aliphatic rings. The quantitative estimate of drug-likeness (QED) is 0.740. The molecule has 1 rings (SSSR count). The number of nitrogens with one attached hydrogen (secondary N) is 1. The highest BCUT2D eigenvalue weighted by Gasteiger charge is 2.27. The van der Waals surface area contributed by atoms with E-state index in [9.17, 15) is 18.7 Å². The maximum Gasteiger partial charge on any atom is 0.277 e. The summed E-state index contributed by atoms with van der Waals surface area (Å²) in [7, 11) is 0. The highest BCUT2D eigenvalue weighted by molar-refractivity contribution is 5.97. The van der Waals surface area contributed by atoms with Gasteiger partial charge >= 0.3 is 0 Å². The number of benzene rings is 1. The van der Waals surface area contributed by atoms with Gasteiger partial charge < -0.3 is 16.2 Å². The first-order valence-electron chi connectivity index (χ1n) is 5.02. The summed E-state index contributed by atoms with van der Waals surface area (Å²) in [5.74, 6) is -4.10. The van der Waals surface area contributed by atoms with Gasteiger partial charge in [-0.15, -0.1) is 0 Å². The zero-order chi connectivity index (χ0) is 13.1. The minimum atomic E-state index is -3.14. The highest BCUT2D eigenvalue weighted by Crippen LogP contribution is 2.21. The fourth-order valence-electron chi connectivity index (χ4n) is 1.22. The summed E-state index contributed by atoms with van der Waals surface area (Å²) in [5.41, 5.74) is 5.31. The molecule has 1 amide bonds. The topological polar surface area (TPSA) is 75.4 Å². The average Bonchev–Trinajstić information content (AvgIpc) is 2.30. The van der Waals surface area contributed by atoms with E-state index in [4.69, 9.17) is 5.73 Å². The van der Waals surface area contributed by atoms with Crippen molar-refractivity contribution >= 4 is 5.91 Å². The third kappa shape index (κ3) is 3.39. The molecule has 0 saturated carbocycles. The molecule has 4 nitrogen and oxygen atoms in total. The average molecular weight is 244 g/mol. The molecule has 0 fully saturated rings. The summed E-state index contributed by atoms with van der Waals surface area (Å²) >= 11 is 0. The Hall–Kier alpha value is -1.69. The van der Waals surface area contributed by atoms with Crippen LogP contribution >= 0.6 is 0 Å². The largest absolute Gasteiger partial charge is 0.507 e. The molecule has 6 heteroatoms. The molecule has 1 aromatic rings. The summed E-state index contributed by atoms with van der Waals surface area (Å²) in [5, 5.41) is 11.6. The molecular formula is C11H14F2N2O2. The Labute approximate surface area is 97.4 Å². The summed E-state index contributed by atoms with van der Waals surface area (Å²) in [6.45, 7) is -0.0800. The summed E-state index contributed by atoms with van der Waals surface area (Å²) < 4.78 is 25.6. The maximum absolute atomic E-state index is 12.8. The molecule has 0 bridgehead atoms. The molecular weight excluding hydrogens is 230 g/mol. The van der Waals surface area contributed by atoms with Gasteiger partial charge in [-0.3, -0.25) is 4.79 Å². The molecule has 0 heterocycles. The van der Waals surface area contributed by atoms with Gasteiger partial charge in [0.2, 0.25) is 0 Å². The Kier molecular flexibility index (Phi) is 4.01.